The van der Waals surface area contributed by atoms with Crippen molar-refractivity contribution in [2.24, 2.45) is 0 Å². The molecule has 194 valence electrons. The van der Waals surface area contributed by atoms with Crippen molar-refractivity contribution in [3.05, 3.63) is 82.7 Å². The van der Waals surface area contributed by atoms with E-state index in [1.807, 2.05) is 48.5 Å². The number of hydrogen-bond donors (Lipinski definition) is 2. The van der Waals surface area contributed by atoms with Crippen molar-refractivity contribution in [3.8, 4) is 45.3 Å². The number of H-pyrrole nitrogens is 2. The van der Waals surface area contributed by atoms with Crippen LogP contribution in [0.4, 0.5) is 0 Å². The highest BCUT2D eigenvalue weighted by atomic mass is 16.5. The molecule has 0 aliphatic rings. The SMILES string of the molecule is CCCCc1c[nH]c(=O)n1Cc1ccc(-c2ccc(-c3c(OC)cccc3OC)cc2-c2nn[nH]n2)nc1. The highest BCUT2D eigenvalue weighted by molar-refractivity contribution is 5.86. The van der Waals surface area contributed by atoms with Crippen molar-refractivity contribution in [2.75, 3.05) is 14.2 Å². The lowest BCUT2D eigenvalue weighted by molar-refractivity contribution is 0.397. The number of methoxy groups -OCH3 is 2. The molecular weight excluding hydrogens is 482 g/mol. The van der Waals surface area contributed by atoms with E-state index in [2.05, 4.69) is 32.5 Å². The number of aromatic amines is 2. The van der Waals surface area contributed by atoms with Crippen LogP contribution in [0.3, 0.4) is 0 Å². The summed E-state index contributed by atoms with van der Waals surface area (Å²) in [6.07, 6.45) is 6.56. The van der Waals surface area contributed by atoms with Crippen LogP contribution in [-0.4, -0.2) is 49.4 Å². The van der Waals surface area contributed by atoms with Gasteiger partial charge in [0.25, 0.3) is 0 Å². The summed E-state index contributed by atoms with van der Waals surface area (Å²) in [4.78, 5) is 19.9. The number of pyridine rings is 1. The molecule has 5 aromatic rings. The van der Waals surface area contributed by atoms with Gasteiger partial charge in [0.2, 0.25) is 5.82 Å². The summed E-state index contributed by atoms with van der Waals surface area (Å²) in [5.74, 6) is 1.83. The molecule has 10 heteroatoms. The molecule has 38 heavy (non-hydrogen) atoms. The third-order valence-electron chi connectivity index (χ3n) is 6.50. The molecule has 0 amide bonds. The third-order valence-corrected chi connectivity index (χ3v) is 6.50. The van der Waals surface area contributed by atoms with Crippen molar-refractivity contribution in [3.63, 3.8) is 0 Å². The molecule has 0 saturated carbocycles. The number of hydrogen-bond acceptors (Lipinski definition) is 7. The van der Waals surface area contributed by atoms with Gasteiger partial charge in [0, 0.05) is 29.2 Å². The van der Waals surface area contributed by atoms with E-state index in [1.165, 1.54) is 0 Å². The van der Waals surface area contributed by atoms with Gasteiger partial charge in [-0.3, -0.25) is 9.55 Å². The number of rotatable bonds is 10. The second-order valence-corrected chi connectivity index (χ2v) is 8.86. The Kier molecular flexibility index (Phi) is 7.30. The zero-order chi connectivity index (χ0) is 26.5. The Labute approximate surface area is 219 Å². The van der Waals surface area contributed by atoms with Gasteiger partial charge in [-0.15, -0.1) is 10.2 Å². The summed E-state index contributed by atoms with van der Waals surface area (Å²) >= 11 is 0. The Hall–Kier alpha value is -4.73. The van der Waals surface area contributed by atoms with Crippen LogP contribution >= 0.6 is 0 Å². The highest BCUT2D eigenvalue weighted by Gasteiger charge is 2.18. The van der Waals surface area contributed by atoms with Crippen LogP contribution in [0.25, 0.3) is 33.8 Å². The van der Waals surface area contributed by atoms with Crippen LogP contribution in [0.5, 0.6) is 11.5 Å². The largest absolute Gasteiger partial charge is 0.496 e. The second kappa shape index (κ2) is 11.1. The summed E-state index contributed by atoms with van der Waals surface area (Å²) in [7, 11) is 3.26. The first-order valence-corrected chi connectivity index (χ1v) is 12.4. The lowest BCUT2D eigenvalue weighted by Gasteiger charge is -2.15. The molecule has 5 rings (SSSR count). The van der Waals surface area contributed by atoms with Gasteiger partial charge in [-0.05, 0) is 53.4 Å². The maximum atomic E-state index is 12.4. The van der Waals surface area contributed by atoms with E-state index >= 15 is 0 Å². The van der Waals surface area contributed by atoms with Crippen molar-refractivity contribution >= 4 is 0 Å². The van der Waals surface area contributed by atoms with Gasteiger partial charge in [-0.2, -0.15) is 5.21 Å². The minimum absolute atomic E-state index is 0.109. The number of ether oxygens (including phenoxy) is 2. The number of nitrogens with one attached hydrogen (secondary N) is 2. The molecule has 0 aliphatic heterocycles. The molecule has 0 saturated heterocycles. The normalized spacial score (nSPS) is 11.0. The first-order valence-electron chi connectivity index (χ1n) is 12.4. The van der Waals surface area contributed by atoms with E-state index in [9.17, 15) is 4.79 Å². The lowest BCUT2D eigenvalue weighted by Crippen LogP contribution is -2.19. The average molecular weight is 512 g/mol. The van der Waals surface area contributed by atoms with Crippen LogP contribution in [0, 0.1) is 0 Å². The average Bonchev–Trinajstić information content (AvgIpc) is 3.62. The van der Waals surface area contributed by atoms with Gasteiger partial charge >= 0.3 is 5.69 Å². The van der Waals surface area contributed by atoms with E-state index in [0.717, 1.165) is 58.5 Å². The predicted octanol–water partition coefficient (Wildman–Crippen LogP) is 4.49. The molecule has 2 N–H and O–H groups in total. The monoisotopic (exact) mass is 511 g/mol. The van der Waals surface area contributed by atoms with E-state index < -0.39 is 0 Å². The van der Waals surface area contributed by atoms with Gasteiger partial charge in [0.05, 0.1) is 32.0 Å². The van der Waals surface area contributed by atoms with E-state index in [4.69, 9.17) is 14.5 Å². The lowest BCUT2D eigenvalue weighted by atomic mass is 9.95. The number of nitrogens with zero attached hydrogens (tertiary/aromatic N) is 5. The second-order valence-electron chi connectivity index (χ2n) is 8.86. The molecule has 0 aliphatic carbocycles. The number of aryl methyl sites for hydroxylation is 1. The van der Waals surface area contributed by atoms with Gasteiger partial charge in [0.1, 0.15) is 11.5 Å². The summed E-state index contributed by atoms with van der Waals surface area (Å²) in [6.45, 7) is 2.60. The number of tetrazole rings is 1. The quantitative estimate of drug-likeness (QED) is 0.283. The van der Waals surface area contributed by atoms with E-state index in [1.54, 1.807) is 31.2 Å². The molecule has 3 heterocycles. The smallest absolute Gasteiger partial charge is 0.326 e. The minimum Gasteiger partial charge on any atom is -0.496 e. The molecule has 0 bridgehead atoms. The summed E-state index contributed by atoms with van der Waals surface area (Å²) in [5, 5.41) is 14.7. The van der Waals surface area contributed by atoms with Crippen molar-refractivity contribution in [2.45, 2.75) is 32.7 Å². The Morgan fingerprint density at radius 1 is 1.00 bits per heavy atom. The van der Waals surface area contributed by atoms with Crippen LogP contribution in [0.15, 0.2) is 65.7 Å². The number of imidazole rings is 1. The summed E-state index contributed by atoms with van der Waals surface area (Å²) < 4.78 is 13.0. The maximum Gasteiger partial charge on any atom is 0.326 e. The Morgan fingerprint density at radius 2 is 1.82 bits per heavy atom. The molecule has 2 aromatic carbocycles. The van der Waals surface area contributed by atoms with Crippen molar-refractivity contribution < 1.29 is 9.47 Å². The van der Waals surface area contributed by atoms with Crippen molar-refractivity contribution in [1.29, 1.82) is 0 Å². The number of benzene rings is 2. The van der Waals surface area contributed by atoms with Crippen LogP contribution < -0.4 is 15.2 Å². The Balaban J connectivity index is 1.52. The van der Waals surface area contributed by atoms with Crippen molar-refractivity contribution in [1.82, 2.24) is 35.2 Å². The summed E-state index contributed by atoms with van der Waals surface area (Å²) in [6, 6.07) is 15.6. The first-order chi connectivity index (χ1) is 18.6. The molecule has 10 nitrogen and oxygen atoms in total. The van der Waals surface area contributed by atoms with Gasteiger partial charge in [-0.1, -0.05) is 37.6 Å². The molecule has 3 aromatic heterocycles. The van der Waals surface area contributed by atoms with Gasteiger partial charge in [-0.25, -0.2) is 4.79 Å². The van der Waals surface area contributed by atoms with Crippen LogP contribution in [-0.2, 0) is 13.0 Å². The Bertz CT molecular complexity index is 1550. The van der Waals surface area contributed by atoms with Crippen LogP contribution in [0.2, 0.25) is 0 Å². The first kappa shape index (κ1) is 24.9. The predicted molar refractivity (Wildman–Crippen MR) is 144 cm³/mol. The zero-order valence-electron chi connectivity index (χ0n) is 21.6. The molecule has 0 fully saturated rings. The molecule has 0 radical (unpaired) electrons. The zero-order valence-corrected chi connectivity index (χ0v) is 21.6. The molecule has 0 spiro atoms. The van der Waals surface area contributed by atoms with Crippen LogP contribution in [0.1, 0.15) is 31.0 Å². The minimum atomic E-state index is -0.109. The topological polar surface area (TPSA) is 124 Å². The van der Waals surface area contributed by atoms with Gasteiger partial charge in [0.15, 0.2) is 0 Å². The highest BCUT2D eigenvalue weighted by Crippen LogP contribution is 2.41. The Morgan fingerprint density at radius 3 is 2.47 bits per heavy atom. The fourth-order valence-corrected chi connectivity index (χ4v) is 4.55. The number of unbranched alkanes of at least 4 members (excludes halogenated alkanes) is 1. The van der Waals surface area contributed by atoms with E-state index in [-0.39, 0.29) is 5.69 Å². The summed E-state index contributed by atoms with van der Waals surface area (Å²) in [5.41, 5.74) is 5.89. The fourth-order valence-electron chi connectivity index (χ4n) is 4.55. The molecule has 0 unspecified atom stereocenters. The fraction of sp³-hybridized carbons (Fsp3) is 0.250. The number of aromatic nitrogens is 7. The third kappa shape index (κ3) is 4.93. The molecular formula is C28H29N7O3. The standard InChI is InChI=1S/C28H29N7O3/c1-4-5-7-20-16-30-28(36)35(20)17-18-10-13-23(29-15-18)21-12-11-19(14-22(21)27-31-33-34-32-27)26-24(37-2)8-6-9-25(26)38-3/h6,8-16H,4-5,7,17H2,1-3H3,(H,30,36)(H,31,32,33,34). The van der Waals surface area contributed by atoms with Gasteiger partial charge < -0.3 is 14.5 Å². The maximum absolute atomic E-state index is 12.4. The molecule has 0 atom stereocenters. The van der Waals surface area contributed by atoms with E-state index in [0.29, 0.717) is 23.9 Å².